The zero-order chi connectivity index (χ0) is 17.9. The molecule has 2 saturated heterocycles. The minimum atomic E-state index is 0.532. The summed E-state index contributed by atoms with van der Waals surface area (Å²) in [5, 5.41) is 3.38. The third-order valence-corrected chi connectivity index (χ3v) is 5.22. The predicted octanol–water partition coefficient (Wildman–Crippen LogP) is 3.94. The molecule has 3 heterocycles. The van der Waals surface area contributed by atoms with Crippen molar-refractivity contribution in [3.05, 3.63) is 29.8 Å². The molecule has 0 atom stereocenters. The lowest BCUT2D eigenvalue weighted by molar-refractivity contribution is 0.841. The van der Waals surface area contributed by atoms with Crippen LogP contribution in [0.1, 0.15) is 51.0 Å². The molecule has 6 nitrogen and oxygen atoms in total. The molecule has 26 heavy (non-hydrogen) atoms. The van der Waals surface area contributed by atoms with E-state index in [1.807, 2.05) is 0 Å². The molecule has 6 heteroatoms. The number of hydrogen-bond donors (Lipinski definition) is 1. The topological polar surface area (TPSA) is 57.2 Å². The highest BCUT2D eigenvalue weighted by Crippen LogP contribution is 2.25. The summed E-state index contributed by atoms with van der Waals surface area (Å²) in [5.74, 6) is 2.78. The lowest BCUT2D eigenvalue weighted by atomic mass is 10.0. The van der Waals surface area contributed by atoms with Crippen LogP contribution in [0.15, 0.2) is 24.3 Å². The molecular formula is C20H28N6. The first-order valence-electron chi connectivity index (χ1n) is 9.82. The van der Waals surface area contributed by atoms with Crippen LogP contribution in [-0.4, -0.2) is 41.1 Å². The second kappa shape index (κ2) is 7.48. The average molecular weight is 352 g/mol. The fraction of sp³-hybridized carbons (Fsp3) is 0.550. The van der Waals surface area contributed by atoms with Crippen molar-refractivity contribution >= 4 is 23.5 Å². The maximum absolute atomic E-state index is 4.77. The first-order chi connectivity index (χ1) is 12.7. The van der Waals surface area contributed by atoms with Crippen LogP contribution in [-0.2, 0) is 0 Å². The van der Waals surface area contributed by atoms with Crippen LogP contribution in [0.3, 0.4) is 0 Å². The Hall–Kier alpha value is -2.37. The fourth-order valence-corrected chi connectivity index (χ4v) is 3.61. The Morgan fingerprint density at radius 1 is 0.769 bits per heavy atom. The van der Waals surface area contributed by atoms with E-state index in [-0.39, 0.29) is 0 Å². The highest BCUT2D eigenvalue weighted by molar-refractivity contribution is 5.57. The number of benzene rings is 1. The number of nitrogens with one attached hydrogen (secondary N) is 1. The first-order valence-corrected chi connectivity index (χ1v) is 9.82. The molecule has 2 fully saturated rings. The van der Waals surface area contributed by atoms with Crippen molar-refractivity contribution in [3.8, 4) is 0 Å². The molecule has 4 rings (SSSR count). The number of nitrogens with zero attached hydrogens (tertiary/aromatic N) is 5. The second-order valence-corrected chi connectivity index (χ2v) is 7.55. The van der Waals surface area contributed by atoms with Crippen molar-refractivity contribution in [3.63, 3.8) is 0 Å². The van der Waals surface area contributed by atoms with E-state index >= 15 is 0 Å². The molecule has 1 aromatic carbocycles. The van der Waals surface area contributed by atoms with Crippen molar-refractivity contribution in [1.29, 1.82) is 0 Å². The summed E-state index contributed by atoms with van der Waals surface area (Å²) >= 11 is 0. The van der Waals surface area contributed by atoms with Crippen LogP contribution in [0.5, 0.6) is 0 Å². The molecule has 0 bridgehead atoms. The van der Waals surface area contributed by atoms with Gasteiger partial charge >= 0.3 is 0 Å². The Labute approximate surface area is 155 Å². The summed E-state index contributed by atoms with van der Waals surface area (Å²) in [5.41, 5.74) is 2.35. The largest absolute Gasteiger partial charge is 0.341 e. The quantitative estimate of drug-likeness (QED) is 0.880. The van der Waals surface area contributed by atoms with Gasteiger partial charge in [-0.2, -0.15) is 15.0 Å². The van der Waals surface area contributed by atoms with Crippen molar-refractivity contribution < 1.29 is 0 Å². The minimum Gasteiger partial charge on any atom is -0.341 e. The highest BCUT2D eigenvalue weighted by Gasteiger charge is 2.21. The fourth-order valence-electron chi connectivity index (χ4n) is 3.61. The van der Waals surface area contributed by atoms with E-state index in [2.05, 4.69) is 53.2 Å². The summed E-state index contributed by atoms with van der Waals surface area (Å²) in [6.07, 6.45) is 4.85. The smallest absolute Gasteiger partial charge is 0.233 e. The molecule has 0 radical (unpaired) electrons. The molecule has 0 unspecified atom stereocenters. The molecule has 138 valence electrons. The van der Waals surface area contributed by atoms with Crippen LogP contribution >= 0.6 is 0 Å². The van der Waals surface area contributed by atoms with E-state index in [9.17, 15) is 0 Å². The Morgan fingerprint density at radius 3 is 1.73 bits per heavy atom. The molecule has 2 aliphatic heterocycles. The van der Waals surface area contributed by atoms with Gasteiger partial charge in [0.15, 0.2) is 0 Å². The zero-order valence-corrected chi connectivity index (χ0v) is 15.8. The number of aromatic nitrogens is 3. The average Bonchev–Trinajstić information content (AvgIpc) is 3.36. The van der Waals surface area contributed by atoms with E-state index in [1.165, 1.54) is 31.2 Å². The second-order valence-electron chi connectivity index (χ2n) is 7.55. The van der Waals surface area contributed by atoms with Gasteiger partial charge in [-0.25, -0.2) is 0 Å². The number of rotatable bonds is 5. The Bertz CT molecular complexity index is 696. The molecular weight excluding hydrogens is 324 g/mol. The minimum absolute atomic E-state index is 0.532. The Morgan fingerprint density at radius 2 is 1.27 bits per heavy atom. The number of anilines is 4. The van der Waals surface area contributed by atoms with Gasteiger partial charge < -0.3 is 15.1 Å². The number of hydrogen-bond acceptors (Lipinski definition) is 6. The lowest BCUT2D eigenvalue weighted by Gasteiger charge is -2.20. The van der Waals surface area contributed by atoms with Gasteiger partial charge in [0.2, 0.25) is 17.8 Å². The Kier molecular flexibility index (Phi) is 4.91. The summed E-state index contributed by atoms with van der Waals surface area (Å²) in [7, 11) is 0. The molecule has 2 aliphatic rings. The molecule has 0 amide bonds. The SMILES string of the molecule is CC(C)c1ccc(Nc2nc(N3CCCC3)nc(N3CCCC3)n2)cc1. The summed E-state index contributed by atoms with van der Waals surface area (Å²) in [6, 6.07) is 8.53. The highest BCUT2D eigenvalue weighted by atomic mass is 15.4. The van der Waals surface area contributed by atoms with E-state index in [0.29, 0.717) is 11.9 Å². The van der Waals surface area contributed by atoms with Gasteiger partial charge in [0, 0.05) is 31.9 Å². The van der Waals surface area contributed by atoms with E-state index in [0.717, 1.165) is 43.8 Å². The molecule has 0 aliphatic carbocycles. The van der Waals surface area contributed by atoms with Crippen LogP contribution in [0.25, 0.3) is 0 Å². The Balaban J connectivity index is 1.60. The van der Waals surface area contributed by atoms with Gasteiger partial charge in [-0.1, -0.05) is 26.0 Å². The van der Waals surface area contributed by atoms with Gasteiger partial charge in [-0.3, -0.25) is 0 Å². The van der Waals surface area contributed by atoms with Crippen molar-refractivity contribution in [2.24, 2.45) is 0 Å². The summed E-state index contributed by atoms with van der Waals surface area (Å²) in [4.78, 5) is 18.7. The first kappa shape index (κ1) is 17.1. The monoisotopic (exact) mass is 352 g/mol. The van der Waals surface area contributed by atoms with Gasteiger partial charge in [0.25, 0.3) is 0 Å². The maximum Gasteiger partial charge on any atom is 0.233 e. The van der Waals surface area contributed by atoms with Crippen molar-refractivity contribution in [1.82, 2.24) is 15.0 Å². The van der Waals surface area contributed by atoms with E-state index < -0.39 is 0 Å². The van der Waals surface area contributed by atoms with Gasteiger partial charge in [0.05, 0.1) is 0 Å². The third kappa shape index (κ3) is 3.74. The van der Waals surface area contributed by atoms with Crippen molar-refractivity contribution in [2.45, 2.75) is 45.4 Å². The maximum atomic E-state index is 4.77. The lowest BCUT2D eigenvalue weighted by Crippen LogP contribution is -2.25. The van der Waals surface area contributed by atoms with Gasteiger partial charge in [-0.05, 0) is 49.3 Å². The summed E-state index contributed by atoms with van der Waals surface area (Å²) in [6.45, 7) is 8.55. The van der Waals surface area contributed by atoms with Crippen LogP contribution < -0.4 is 15.1 Å². The van der Waals surface area contributed by atoms with Crippen LogP contribution in [0.2, 0.25) is 0 Å². The zero-order valence-electron chi connectivity index (χ0n) is 15.8. The molecule has 1 aromatic heterocycles. The van der Waals surface area contributed by atoms with Crippen molar-refractivity contribution in [2.75, 3.05) is 41.3 Å². The molecule has 2 aromatic rings. The summed E-state index contributed by atoms with van der Waals surface area (Å²) < 4.78 is 0. The molecule has 0 saturated carbocycles. The molecule has 0 spiro atoms. The van der Waals surface area contributed by atoms with Crippen LogP contribution in [0, 0.1) is 0 Å². The standard InChI is InChI=1S/C20H28N6/c1-15(2)16-7-9-17(10-8-16)21-18-22-19(25-11-3-4-12-25)24-20(23-18)26-13-5-6-14-26/h7-10,15H,3-6,11-14H2,1-2H3,(H,21,22,23,24). The van der Waals surface area contributed by atoms with Crippen LogP contribution in [0.4, 0.5) is 23.5 Å². The van der Waals surface area contributed by atoms with E-state index in [1.54, 1.807) is 0 Å². The molecule has 1 N–H and O–H groups in total. The van der Waals surface area contributed by atoms with Gasteiger partial charge in [-0.15, -0.1) is 0 Å². The predicted molar refractivity (Wildman–Crippen MR) is 107 cm³/mol. The van der Waals surface area contributed by atoms with E-state index in [4.69, 9.17) is 15.0 Å². The van der Waals surface area contributed by atoms with Gasteiger partial charge in [0.1, 0.15) is 0 Å². The normalized spacial score (nSPS) is 17.3. The third-order valence-electron chi connectivity index (χ3n) is 5.22.